The Kier molecular flexibility index (Phi) is 3.78. The summed E-state index contributed by atoms with van der Waals surface area (Å²) >= 11 is 0. The maximum absolute atomic E-state index is 12.4. The molecule has 2 N–H and O–H groups in total. The molecular formula is C19H23N3O3. The molecule has 1 aromatic heterocycles. The van der Waals surface area contributed by atoms with Crippen LogP contribution < -0.4 is 5.32 Å². The number of fused-ring (bicyclic) bond motifs is 2. The molecule has 0 spiro atoms. The Balaban J connectivity index is 1.76. The van der Waals surface area contributed by atoms with Crippen LogP contribution in [0.4, 0.5) is 5.69 Å². The van der Waals surface area contributed by atoms with E-state index in [4.69, 9.17) is 9.72 Å². The van der Waals surface area contributed by atoms with Gasteiger partial charge in [-0.3, -0.25) is 9.59 Å². The number of H-pyrrole nitrogens is 1. The zero-order chi connectivity index (χ0) is 17.6. The molecule has 2 heterocycles. The van der Waals surface area contributed by atoms with Gasteiger partial charge in [0.15, 0.2) is 5.41 Å². The van der Waals surface area contributed by atoms with E-state index >= 15 is 0 Å². The normalized spacial score (nSPS) is 23.5. The first-order valence-electron chi connectivity index (χ1n) is 9.07. The Labute approximate surface area is 146 Å². The van der Waals surface area contributed by atoms with E-state index in [1.54, 1.807) is 13.8 Å². The fourth-order valence-corrected chi connectivity index (χ4v) is 4.01. The number of imidazole rings is 1. The number of carbonyl (C=O) groups is 2. The van der Waals surface area contributed by atoms with Gasteiger partial charge in [-0.2, -0.15) is 0 Å². The third-order valence-corrected chi connectivity index (χ3v) is 5.56. The van der Waals surface area contributed by atoms with Crippen molar-refractivity contribution < 1.29 is 14.3 Å². The van der Waals surface area contributed by atoms with Gasteiger partial charge in [-0.1, -0.05) is 19.3 Å². The maximum Gasteiger partial charge on any atom is 0.326 e. The molecule has 6 nitrogen and oxygen atoms in total. The van der Waals surface area contributed by atoms with Crippen LogP contribution in [0.2, 0.25) is 0 Å². The predicted molar refractivity (Wildman–Crippen MR) is 94.5 cm³/mol. The van der Waals surface area contributed by atoms with Gasteiger partial charge >= 0.3 is 5.97 Å². The molecule has 6 heteroatoms. The van der Waals surface area contributed by atoms with Crippen LogP contribution in [0.25, 0.3) is 11.0 Å². The average Bonchev–Trinajstić information content (AvgIpc) is 3.14. The van der Waals surface area contributed by atoms with E-state index in [0.717, 1.165) is 29.7 Å². The van der Waals surface area contributed by atoms with Crippen LogP contribution in [-0.2, 0) is 19.7 Å². The second-order valence-electron chi connectivity index (χ2n) is 7.17. The number of ether oxygens (including phenoxy) is 1. The molecule has 1 saturated carbocycles. The molecular weight excluding hydrogens is 318 g/mol. The highest BCUT2D eigenvalue weighted by molar-refractivity contribution is 6.19. The lowest BCUT2D eigenvalue weighted by molar-refractivity contribution is -0.152. The predicted octanol–water partition coefficient (Wildman–Crippen LogP) is 3.38. The molecule has 1 fully saturated rings. The molecule has 4 rings (SSSR count). The molecule has 1 aromatic carbocycles. The van der Waals surface area contributed by atoms with Gasteiger partial charge in [0, 0.05) is 17.2 Å². The molecule has 1 atom stereocenters. The Bertz CT molecular complexity index is 851. The number of aromatic amines is 1. The largest absolute Gasteiger partial charge is 0.465 e. The highest BCUT2D eigenvalue weighted by Gasteiger charge is 2.50. The third kappa shape index (κ3) is 2.42. The Morgan fingerprint density at radius 1 is 1.32 bits per heavy atom. The first-order valence-corrected chi connectivity index (χ1v) is 9.07. The minimum Gasteiger partial charge on any atom is -0.465 e. The fourth-order valence-electron chi connectivity index (χ4n) is 4.01. The first kappa shape index (κ1) is 16.1. The Hall–Kier alpha value is -2.37. The summed E-state index contributed by atoms with van der Waals surface area (Å²) in [5.41, 5.74) is 1.68. The molecule has 0 radical (unpaired) electrons. The number of hydrogen-bond acceptors (Lipinski definition) is 4. The van der Waals surface area contributed by atoms with Gasteiger partial charge in [0.2, 0.25) is 5.91 Å². The molecule has 2 aliphatic rings. The lowest BCUT2D eigenvalue weighted by Gasteiger charge is -2.19. The Morgan fingerprint density at radius 3 is 2.80 bits per heavy atom. The summed E-state index contributed by atoms with van der Waals surface area (Å²) in [6.45, 7) is 3.60. The number of nitrogens with zero attached hydrogens (tertiary/aromatic N) is 1. The highest BCUT2D eigenvalue weighted by Crippen LogP contribution is 2.41. The number of amides is 1. The van der Waals surface area contributed by atoms with E-state index in [-0.39, 0.29) is 12.5 Å². The van der Waals surface area contributed by atoms with E-state index in [2.05, 4.69) is 10.3 Å². The second kappa shape index (κ2) is 5.86. The van der Waals surface area contributed by atoms with Crippen molar-refractivity contribution in [1.29, 1.82) is 0 Å². The molecule has 1 aliphatic heterocycles. The van der Waals surface area contributed by atoms with Gasteiger partial charge in [-0.15, -0.1) is 0 Å². The average molecular weight is 341 g/mol. The summed E-state index contributed by atoms with van der Waals surface area (Å²) in [5.74, 6) is 0.624. The summed E-state index contributed by atoms with van der Waals surface area (Å²) in [7, 11) is 0. The number of benzene rings is 1. The molecule has 1 aliphatic carbocycles. The summed E-state index contributed by atoms with van der Waals surface area (Å²) in [4.78, 5) is 33.0. The number of anilines is 1. The molecule has 0 bridgehead atoms. The van der Waals surface area contributed by atoms with Crippen LogP contribution in [0.15, 0.2) is 12.1 Å². The summed E-state index contributed by atoms with van der Waals surface area (Å²) in [6, 6.07) is 3.73. The van der Waals surface area contributed by atoms with E-state index in [1.165, 1.54) is 19.3 Å². The first-order chi connectivity index (χ1) is 12.0. The van der Waals surface area contributed by atoms with Crippen molar-refractivity contribution in [3.63, 3.8) is 0 Å². The number of nitrogens with one attached hydrogen (secondary N) is 2. The molecule has 1 amide bonds. The van der Waals surface area contributed by atoms with Gasteiger partial charge in [-0.05, 0) is 38.8 Å². The van der Waals surface area contributed by atoms with Gasteiger partial charge in [0.25, 0.3) is 0 Å². The quantitative estimate of drug-likeness (QED) is 0.662. The van der Waals surface area contributed by atoms with Gasteiger partial charge < -0.3 is 15.0 Å². The van der Waals surface area contributed by atoms with Crippen LogP contribution in [0.1, 0.15) is 63.3 Å². The molecule has 132 valence electrons. The zero-order valence-electron chi connectivity index (χ0n) is 14.6. The summed E-state index contributed by atoms with van der Waals surface area (Å²) in [5, 5.41) is 2.82. The molecule has 2 aromatic rings. The van der Waals surface area contributed by atoms with Gasteiger partial charge in [0.05, 0.1) is 17.6 Å². The fraction of sp³-hybridized carbons (Fsp3) is 0.526. The van der Waals surface area contributed by atoms with Crippen LogP contribution >= 0.6 is 0 Å². The van der Waals surface area contributed by atoms with Crippen molar-refractivity contribution >= 4 is 28.6 Å². The number of esters is 1. The van der Waals surface area contributed by atoms with Crippen molar-refractivity contribution in [2.24, 2.45) is 0 Å². The van der Waals surface area contributed by atoms with E-state index in [1.807, 2.05) is 12.1 Å². The Morgan fingerprint density at radius 2 is 2.08 bits per heavy atom. The summed E-state index contributed by atoms with van der Waals surface area (Å²) < 4.78 is 5.14. The smallest absolute Gasteiger partial charge is 0.326 e. The molecule has 0 saturated heterocycles. The zero-order valence-corrected chi connectivity index (χ0v) is 14.6. The molecule has 25 heavy (non-hydrogen) atoms. The van der Waals surface area contributed by atoms with Crippen molar-refractivity contribution in [2.75, 3.05) is 11.9 Å². The van der Waals surface area contributed by atoms with Crippen molar-refractivity contribution in [2.45, 2.75) is 57.3 Å². The maximum atomic E-state index is 12.4. The van der Waals surface area contributed by atoms with Crippen molar-refractivity contribution in [3.8, 4) is 0 Å². The lowest BCUT2D eigenvalue weighted by Crippen LogP contribution is -2.40. The summed E-state index contributed by atoms with van der Waals surface area (Å²) in [6.07, 6.45) is 6.12. The van der Waals surface area contributed by atoms with E-state index in [9.17, 15) is 9.59 Å². The standard InChI is InChI=1S/C19H23N3O3/c1-3-25-18(24)19(2)12-9-14-15(10-13(12)22-17(19)23)21-16(20-14)11-7-5-4-6-8-11/h9-11H,3-8H2,1-2H3,(H,20,21)(H,22,23). The van der Waals surface area contributed by atoms with Crippen LogP contribution in [-0.4, -0.2) is 28.5 Å². The lowest BCUT2D eigenvalue weighted by atomic mass is 9.83. The van der Waals surface area contributed by atoms with Crippen molar-refractivity contribution in [1.82, 2.24) is 9.97 Å². The minimum atomic E-state index is -1.32. The van der Waals surface area contributed by atoms with Gasteiger partial charge in [0.1, 0.15) is 5.82 Å². The highest BCUT2D eigenvalue weighted by atomic mass is 16.5. The number of hydrogen-bond donors (Lipinski definition) is 2. The van der Waals surface area contributed by atoms with Gasteiger partial charge in [-0.25, -0.2) is 4.98 Å². The van der Waals surface area contributed by atoms with Crippen molar-refractivity contribution in [3.05, 3.63) is 23.5 Å². The van der Waals surface area contributed by atoms with E-state index < -0.39 is 11.4 Å². The number of aromatic nitrogens is 2. The van der Waals surface area contributed by atoms with Crippen LogP contribution in [0.3, 0.4) is 0 Å². The second-order valence-corrected chi connectivity index (χ2v) is 7.17. The van der Waals surface area contributed by atoms with E-state index in [0.29, 0.717) is 17.2 Å². The minimum absolute atomic E-state index is 0.244. The topological polar surface area (TPSA) is 84.1 Å². The monoisotopic (exact) mass is 341 g/mol. The number of carbonyl (C=O) groups excluding carboxylic acids is 2. The molecule has 1 unspecified atom stereocenters. The third-order valence-electron chi connectivity index (χ3n) is 5.56. The SMILES string of the molecule is CCOC(=O)C1(C)C(=O)Nc2cc3[nH]c(C4CCCCC4)nc3cc21. The van der Waals surface area contributed by atoms with Crippen LogP contribution in [0, 0.1) is 0 Å². The number of rotatable bonds is 3. The van der Waals surface area contributed by atoms with Crippen LogP contribution in [0.5, 0.6) is 0 Å².